The summed E-state index contributed by atoms with van der Waals surface area (Å²) < 4.78 is 0. The average Bonchev–Trinajstić information content (AvgIpc) is 3.03. The number of carboxylic acids is 1. The second-order valence-corrected chi connectivity index (χ2v) is 5.09. The molecule has 17 heavy (non-hydrogen) atoms. The Labute approximate surface area is 100 Å². The van der Waals surface area contributed by atoms with Crippen molar-refractivity contribution in [2.45, 2.75) is 50.4 Å². The summed E-state index contributed by atoms with van der Waals surface area (Å²) in [7, 11) is 0. The van der Waals surface area contributed by atoms with Gasteiger partial charge in [-0.3, -0.25) is 0 Å². The van der Waals surface area contributed by atoms with Crippen LogP contribution in [0.25, 0.3) is 0 Å². The molecule has 3 rings (SSSR count). The van der Waals surface area contributed by atoms with Crippen molar-refractivity contribution in [1.29, 1.82) is 0 Å². The van der Waals surface area contributed by atoms with Gasteiger partial charge in [0.25, 0.3) is 0 Å². The topological polar surface area (TPSA) is 63.1 Å². The van der Waals surface area contributed by atoms with Gasteiger partial charge in [0.15, 0.2) is 0 Å². The number of aromatic nitrogens is 2. The molecule has 0 unspecified atom stereocenters. The van der Waals surface area contributed by atoms with Gasteiger partial charge in [-0.05, 0) is 25.7 Å². The minimum Gasteiger partial charge on any atom is -0.478 e. The maximum atomic E-state index is 11.1. The monoisotopic (exact) mass is 232 g/mol. The summed E-state index contributed by atoms with van der Waals surface area (Å²) in [6.45, 7) is 0. The van der Waals surface area contributed by atoms with Gasteiger partial charge in [0.05, 0.1) is 11.3 Å². The minimum absolute atomic E-state index is 0.300. The maximum Gasteiger partial charge on any atom is 0.339 e. The maximum absolute atomic E-state index is 11.1. The van der Waals surface area contributed by atoms with Crippen molar-refractivity contribution in [2.75, 3.05) is 0 Å². The molecule has 4 nitrogen and oxygen atoms in total. The lowest BCUT2D eigenvalue weighted by Gasteiger charge is -2.10. The molecular formula is C13H16N2O2. The third-order valence-corrected chi connectivity index (χ3v) is 3.75. The molecule has 0 saturated heterocycles. The average molecular weight is 232 g/mol. The van der Waals surface area contributed by atoms with Gasteiger partial charge in [-0.1, -0.05) is 12.8 Å². The molecule has 0 radical (unpaired) electrons. The van der Waals surface area contributed by atoms with Crippen LogP contribution in [0.3, 0.4) is 0 Å². The Balaban J connectivity index is 1.96. The number of carboxylic acid groups (broad SMARTS) is 1. The zero-order valence-corrected chi connectivity index (χ0v) is 9.72. The standard InChI is InChI=1S/C13H16N2O2/c16-13(17)10-7-14-12(9-3-1-2-4-9)15-11(10)8-5-6-8/h7-9H,1-6H2,(H,16,17). The Bertz CT molecular complexity index is 449. The van der Waals surface area contributed by atoms with Gasteiger partial charge in [-0.15, -0.1) is 0 Å². The van der Waals surface area contributed by atoms with Crippen molar-refractivity contribution in [2.24, 2.45) is 0 Å². The number of rotatable bonds is 3. The molecule has 1 aromatic heterocycles. The van der Waals surface area contributed by atoms with E-state index in [0.717, 1.165) is 37.2 Å². The first-order valence-electron chi connectivity index (χ1n) is 6.36. The first kappa shape index (κ1) is 10.7. The number of hydrogen-bond donors (Lipinski definition) is 1. The van der Waals surface area contributed by atoms with Crippen molar-refractivity contribution in [3.05, 3.63) is 23.3 Å². The normalized spacial score (nSPS) is 20.7. The van der Waals surface area contributed by atoms with Crippen LogP contribution < -0.4 is 0 Å². The van der Waals surface area contributed by atoms with E-state index < -0.39 is 5.97 Å². The van der Waals surface area contributed by atoms with Crippen LogP contribution in [0.4, 0.5) is 0 Å². The SMILES string of the molecule is O=C(O)c1cnc(C2CCCC2)nc1C1CC1. The van der Waals surface area contributed by atoms with Crippen molar-refractivity contribution < 1.29 is 9.90 Å². The van der Waals surface area contributed by atoms with Crippen molar-refractivity contribution in [1.82, 2.24) is 9.97 Å². The molecule has 4 heteroatoms. The summed E-state index contributed by atoms with van der Waals surface area (Å²) in [6, 6.07) is 0. The van der Waals surface area contributed by atoms with E-state index in [1.54, 1.807) is 0 Å². The van der Waals surface area contributed by atoms with Crippen molar-refractivity contribution >= 4 is 5.97 Å². The predicted molar refractivity (Wildman–Crippen MR) is 62.2 cm³/mol. The van der Waals surface area contributed by atoms with Gasteiger partial charge >= 0.3 is 5.97 Å². The van der Waals surface area contributed by atoms with E-state index in [0.29, 0.717) is 17.4 Å². The smallest absolute Gasteiger partial charge is 0.339 e. The summed E-state index contributed by atoms with van der Waals surface area (Å²) in [5.74, 6) is 0.791. The summed E-state index contributed by atoms with van der Waals surface area (Å²) >= 11 is 0. The molecule has 0 aliphatic heterocycles. The van der Waals surface area contributed by atoms with Crippen LogP contribution in [0.15, 0.2) is 6.20 Å². The van der Waals surface area contributed by atoms with E-state index in [1.165, 1.54) is 19.0 Å². The molecule has 0 aromatic carbocycles. The molecule has 0 amide bonds. The highest BCUT2D eigenvalue weighted by molar-refractivity contribution is 5.88. The van der Waals surface area contributed by atoms with E-state index in [4.69, 9.17) is 5.11 Å². The largest absolute Gasteiger partial charge is 0.478 e. The fourth-order valence-corrected chi connectivity index (χ4v) is 2.62. The lowest BCUT2D eigenvalue weighted by Crippen LogP contribution is -2.10. The van der Waals surface area contributed by atoms with Crippen molar-refractivity contribution in [3.8, 4) is 0 Å². The molecule has 1 aromatic rings. The third kappa shape index (κ3) is 2.04. The molecule has 2 aliphatic carbocycles. The fourth-order valence-electron chi connectivity index (χ4n) is 2.62. The van der Waals surface area contributed by atoms with E-state index >= 15 is 0 Å². The number of nitrogens with zero attached hydrogens (tertiary/aromatic N) is 2. The van der Waals surface area contributed by atoms with Gasteiger partial charge < -0.3 is 5.11 Å². The number of hydrogen-bond acceptors (Lipinski definition) is 3. The molecule has 2 saturated carbocycles. The second-order valence-electron chi connectivity index (χ2n) is 5.09. The molecule has 1 heterocycles. The lowest BCUT2D eigenvalue weighted by atomic mass is 10.1. The molecule has 2 fully saturated rings. The fraction of sp³-hybridized carbons (Fsp3) is 0.615. The highest BCUT2D eigenvalue weighted by atomic mass is 16.4. The molecule has 90 valence electrons. The molecular weight excluding hydrogens is 216 g/mol. The van der Waals surface area contributed by atoms with Crippen LogP contribution in [0, 0.1) is 0 Å². The molecule has 2 aliphatic rings. The summed E-state index contributed by atoms with van der Waals surface area (Å²) in [5, 5.41) is 9.12. The molecule has 0 spiro atoms. The first-order valence-corrected chi connectivity index (χ1v) is 6.36. The van der Waals surface area contributed by atoms with Crippen LogP contribution in [-0.4, -0.2) is 21.0 Å². The zero-order valence-electron chi connectivity index (χ0n) is 9.72. The van der Waals surface area contributed by atoms with E-state index in [9.17, 15) is 4.79 Å². The second kappa shape index (κ2) is 4.09. The zero-order chi connectivity index (χ0) is 11.8. The summed E-state index contributed by atoms with van der Waals surface area (Å²) in [5.41, 5.74) is 1.07. The molecule has 1 N–H and O–H groups in total. The number of carbonyl (C=O) groups is 1. The van der Waals surface area contributed by atoms with Crippen LogP contribution in [0.5, 0.6) is 0 Å². The van der Waals surface area contributed by atoms with Gasteiger partial charge in [0, 0.05) is 18.0 Å². The summed E-state index contributed by atoms with van der Waals surface area (Å²) in [4.78, 5) is 19.9. The van der Waals surface area contributed by atoms with Gasteiger partial charge in [-0.2, -0.15) is 0 Å². The quantitative estimate of drug-likeness (QED) is 0.870. The van der Waals surface area contributed by atoms with Gasteiger partial charge in [0.1, 0.15) is 5.82 Å². The molecule has 0 bridgehead atoms. The Morgan fingerprint density at radius 2 is 1.88 bits per heavy atom. The Morgan fingerprint density at radius 1 is 1.18 bits per heavy atom. The van der Waals surface area contributed by atoms with Gasteiger partial charge in [-0.25, -0.2) is 14.8 Å². The van der Waals surface area contributed by atoms with Crippen LogP contribution in [-0.2, 0) is 0 Å². The Morgan fingerprint density at radius 3 is 2.47 bits per heavy atom. The first-order chi connectivity index (χ1) is 8.25. The lowest BCUT2D eigenvalue weighted by molar-refractivity contribution is 0.0694. The summed E-state index contributed by atoms with van der Waals surface area (Å²) in [6.07, 6.45) is 8.44. The highest BCUT2D eigenvalue weighted by Crippen LogP contribution is 2.41. The van der Waals surface area contributed by atoms with Crippen LogP contribution >= 0.6 is 0 Å². The predicted octanol–water partition coefficient (Wildman–Crippen LogP) is 2.71. The van der Waals surface area contributed by atoms with E-state index in [1.807, 2.05) is 0 Å². The van der Waals surface area contributed by atoms with Crippen LogP contribution in [0.2, 0.25) is 0 Å². The number of aromatic carboxylic acids is 1. The Kier molecular flexibility index (Phi) is 2.57. The third-order valence-electron chi connectivity index (χ3n) is 3.75. The highest BCUT2D eigenvalue weighted by Gasteiger charge is 2.31. The van der Waals surface area contributed by atoms with Crippen LogP contribution in [0.1, 0.15) is 72.2 Å². The minimum atomic E-state index is -0.898. The van der Waals surface area contributed by atoms with Gasteiger partial charge in [0.2, 0.25) is 0 Å². The van der Waals surface area contributed by atoms with Crippen molar-refractivity contribution in [3.63, 3.8) is 0 Å². The Hall–Kier alpha value is -1.45. The van der Waals surface area contributed by atoms with E-state index in [2.05, 4.69) is 9.97 Å². The van der Waals surface area contributed by atoms with E-state index in [-0.39, 0.29) is 0 Å². The molecule has 0 atom stereocenters.